The van der Waals surface area contributed by atoms with Crippen molar-refractivity contribution < 1.29 is 9.15 Å². The lowest BCUT2D eigenvalue weighted by molar-refractivity contribution is 0.264. The molecule has 22 heavy (non-hydrogen) atoms. The zero-order chi connectivity index (χ0) is 15.5. The highest BCUT2D eigenvalue weighted by molar-refractivity contribution is 6.31. The highest BCUT2D eigenvalue weighted by Crippen LogP contribution is 2.24. The van der Waals surface area contributed by atoms with E-state index in [4.69, 9.17) is 20.8 Å². The van der Waals surface area contributed by atoms with Crippen LogP contribution in [0.1, 0.15) is 17.0 Å². The predicted molar refractivity (Wildman–Crippen MR) is 85.0 cm³/mol. The first-order valence-corrected chi connectivity index (χ1v) is 7.28. The van der Waals surface area contributed by atoms with E-state index in [1.165, 1.54) is 0 Å². The number of hydrogen-bond acceptors (Lipinski definition) is 4. The van der Waals surface area contributed by atoms with Gasteiger partial charge in [-0.3, -0.25) is 0 Å². The quantitative estimate of drug-likeness (QED) is 0.707. The van der Waals surface area contributed by atoms with Gasteiger partial charge in [-0.15, -0.1) is 10.2 Å². The van der Waals surface area contributed by atoms with Gasteiger partial charge in [0.05, 0.1) is 0 Å². The molecule has 1 heterocycles. The van der Waals surface area contributed by atoms with Gasteiger partial charge in [0.2, 0.25) is 5.89 Å². The van der Waals surface area contributed by atoms with Crippen molar-refractivity contribution in [2.75, 3.05) is 0 Å². The fraction of sp³-hybridized carbons (Fsp3) is 0.176. The second-order valence-corrected chi connectivity index (χ2v) is 5.42. The fourth-order valence-electron chi connectivity index (χ4n) is 2.09. The van der Waals surface area contributed by atoms with Crippen LogP contribution in [0.5, 0.6) is 5.75 Å². The Labute approximate surface area is 133 Å². The summed E-state index contributed by atoms with van der Waals surface area (Å²) in [5.41, 5.74) is 2.99. The molecule has 0 saturated carbocycles. The number of ether oxygens (including phenoxy) is 1. The lowest BCUT2D eigenvalue weighted by Crippen LogP contribution is -1.96. The Morgan fingerprint density at radius 1 is 1.05 bits per heavy atom. The van der Waals surface area contributed by atoms with Gasteiger partial charge in [0.15, 0.2) is 6.61 Å². The molecule has 0 saturated heterocycles. The molecule has 0 spiro atoms. The van der Waals surface area contributed by atoms with Crippen LogP contribution in [0.4, 0.5) is 0 Å². The first-order chi connectivity index (χ1) is 10.6. The minimum absolute atomic E-state index is 0.222. The maximum Gasteiger partial charge on any atom is 0.254 e. The zero-order valence-electron chi connectivity index (χ0n) is 12.3. The van der Waals surface area contributed by atoms with Gasteiger partial charge in [-0.2, -0.15) is 0 Å². The van der Waals surface area contributed by atoms with Crippen molar-refractivity contribution >= 4 is 11.6 Å². The van der Waals surface area contributed by atoms with Gasteiger partial charge in [-0.1, -0.05) is 29.8 Å². The Kier molecular flexibility index (Phi) is 4.11. The summed E-state index contributed by atoms with van der Waals surface area (Å²) in [4.78, 5) is 0. The molecule has 112 valence electrons. The van der Waals surface area contributed by atoms with E-state index in [1.807, 2.05) is 50.2 Å². The maximum atomic E-state index is 5.99. The largest absolute Gasteiger partial charge is 0.484 e. The Bertz CT molecular complexity index is 799. The van der Waals surface area contributed by atoms with E-state index < -0.39 is 0 Å². The monoisotopic (exact) mass is 314 g/mol. The molecular formula is C17H15ClN2O2. The first-order valence-electron chi connectivity index (χ1n) is 6.91. The summed E-state index contributed by atoms with van der Waals surface area (Å²) < 4.78 is 11.3. The predicted octanol–water partition coefficient (Wildman–Crippen LogP) is 4.59. The smallest absolute Gasteiger partial charge is 0.254 e. The van der Waals surface area contributed by atoms with Crippen LogP contribution >= 0.6 is 11.6 Å². The van der Waals surface area contributed by atoms with Crippen LogP contribution in [-0.2, 0) is 6.61 Å². The second-order valence-electron chi connectivity index (χ2n) is 5.02. The van der Waals surface area contributed by atoms with Crippen LogP contribution < -0.4 is 4.74 Å². The summed E-state index contributed by atoms with van der Waals surface area (Å²) >= 11 is 5.99. The number of aryl methyl sites for hydroxylation is 2. The average Bonchev–Trinajstić information content (AvgIpc) is 2.98. The van der Waals surface area contributed by atoms with Crippen molar-refractivity contribution in [3.05, 3.63) is 64.5 Å². The minimum atomic E-state index is 0.222. The van der Waals surface area contributed by atoms with Crippen LogP contribution in [0.25, 0.3) is 11.5 Å². The van der Waals surface area contributed by atoms with E-state index in [0.29, 0.717) is 16.8 Å². The Morgan fingerprint density at radius 2 is 1.86 bits per heavy atom. The summed E-state index contributed by atoms with van der Waals surface area (Å²) in [6, 6.07) is 13.4. The Hall–Kier alpha value is -2.33. The number of rotatable bonds is 4. The zero-order valence-corrected chi connectivity index (χ0v) is 13.1. The molecule has 0 radical (unpaired) electrons. The van der Waals surface area contributed by atoms with Crippen molar-refractivity contribution in [2.24, 2.45) is 0 Å². The second kappa shape index (κ2) is 6.20. The van der Waals surface area contributed by atoms with E-state index in [9.17, 15) is 0 Å². The van der Waals surface area contributed by atoms with E-state index in [2.05, 4.69) is 10.2 Å². The maximum absolute atomic E-state index is 5.99. The Morgan fingerprint density at radius 3 is 2.64 bits per heavy atom. The van der Waals surface area contributed by atoms with Gasteiger partial charge in [-0.05, 0) is 49.2 Å². The third-order valence-electron chi connectivity index (χ3n) is 3.33. The van der Waals surface area contributed by atoms with Crippen molar-refractivity contribution in [1.29, 1.82) is 0 Å². The van der Waals surface area contributed by atoms with Crippen molar-refractivity contribution in [1.82, 2.24) is 10.2 Å². The van der Waals surface area contributed by atoms with Crippen molar-refractivity contribution in [3.8, 4) is 17.2 Å². The van der Waals surface area contributed by atoms with Gasteiger partial charge in [0.25, 0.3) is 5.89 Å². The SMILES string of the molecule is Cc1cc(OCc2nnc(-c3ccccc3C)o2)ccc1Cl. The minimum Gasteiger partial charge on any atom is -0.484 e. The third-order valence-corrected chi connectivity index (χ3v) is 3.76. The molecule has 5 heteroatoms. The molecule has 0 aliphatic rings. The van der Waals surface area contributed by atoms with E-state index in [1.54, 1.807) is 6.07 Å². The molecule has 4 nitrogen and oxygen atoms in total. The average molecular weight is 315 g/mol. The lowest BCUT2D eigenvalue weighted by atomic mass is 10.1. The number of aromatic nitrogens is 2. The van der Waals surface area contributed by atoms with E-state index in [-0.39, 0.29) is 6.61 Å². The summed E-state index contributed by atoms with van der Waals surface area (Å²) in [5.74, 6) is 1.66. The van der Waals surface area contributed by atoms with Gasteiger partial charge >= 0.3 is 0 Å². The normalized spacial score (nSPS) is 10.7. The van der Waals surface area contributed by atoms with Crippen molar-refractivity contribution in [3.63, 3.8) is 0 Å². The van der Waals surface area contributed by atoms with Gasteiger partial charge in [-0.25, -0.2) is 0 Å². The number of nitrogens with zero attached hydrogens (tertiary/aromatic N) is 2. The molecule has 0 fully saturated rings. The lowest BCUT2D eigenvalue weighted by Gasteiger charge is -2.05. The molecule has 0 aliphatic carbocycles. The van der Waals surface area contributed by atoms with E-state index in [0.717, 1.165) is 22.4 Å². The molecule has 1 aromatic heterocycles. The van der Waals surface area contributed by atoms with Crippen LogP contribution in [0, 0.1) is 13.8 Å². The molecule has 0 amide bonds. The molecule has 3 aromatic rings. The summed E-state index contributed by atoms with van der Waals surface area (Å²) in [5, 5.41) is 8.81. The number of halogens is 1. The van der Waals surface area contributed by atoms with Crippen LogP contribution in [0.3, 0.4) is 0 Å². The molecule has 0 unspecified atom stereocenters. The standard InChI is InChI=1S/C17H15ClN2O2/c1-11-5-3-4-6-14(11)17-20-19-16(22-17)10-21-13-7-8-15(18)12(2)9-13/h3-9H,10H2,1-2H3. The molecule has 0 N–H and O–H groups in total. The van der Waals surface area contributed by atoms with Crippen molar-refractivity contribution in [2.45, 2.75) is 20.5 Å². The topological polar surface area (TPSA) is 48.2 Å². The summed E-state index contributed by atoms with van der Waals surface area (Å²) in [6.07, 6.45) is 0. The summed E-state index contributed by atoms with van der Waals surface area (Å²) in [7, 11) is 0. The van der Waals surface area contributed by atoms with Crippen LogP contribution in [-0.4, -0.2) is 10.2 Å². The molecule has 0 bridgehead atoms. The fourth-order valence-corrected chi connectivity index (χ4v) is 2.20. The highest BCUT2D eigenvalue weighted by atomic mass is 35.5. The van der Waals surface area contributed by atoms with Gasteiger partial charge in [0, 0.05) is 10.6 Å². The van der Waals surface area contributed by atoms with E-state index >= 15 is 0 Å². The van der Waals surface area contributed by atoms with Crippen LogP contribution in [0.2, 0.25) is 5.02 Å². The first kappa shape index (κ1) is 14.6. The Balaban J connectivity index is 1.72. The molecule has 3 rings (SSSR count). The summed E-state index contributed by atoms with van der Waals surface area (Å²) in [6.45, 7) is 4.16. The molecule has 2 aromatic carbocycles. The van der Waals surface area contributed by atoms with Crippen LogP contribution in [0.15, 0.2) is 46.9 Å². The number of hydrogen-bond donors (Lipinski definition) is 0. The molecular weight excluding hydrogens is 300 g/mol. The molecule has 0 aliphatic heterocycles. The number of benzene rings is 2. The van der Waals surface area contributed by atoms with Gasteiger partial charge < -0.3 is 9.15 Å². The highest BCUT2D eigenvalue weighted by Gasteiger charge is 2.11. The molecule has 0 atom stereocenters. The third kappa shape index (κ3) is 3.12. The van der Waals surface area contributed by atoms with Gasteiger partial charge in [0.1, 0.15) is 5.75 Å².